The number of imidazole rings is 1. The smallest absolute Gasteiger partial charge is 0.150 e. The lowest BCUT2D eigenvalue weighted by atomic mass is 9.85. The van der Waals surface area contributed by atoms with Crippen LogP contribution in [0.25, 0.3) is 5.52 Å². The summed E-state index contributed by atoms with van der Waals surface area (Å²) in [5, 5.41) is 0. The van der Waals surface area contributed by atoms with Crippen LogP contribution >= 0.6 is 0 Å². The summed E-state index contributed by atoms with van der Waals surface area (Å²) >= 11 is 0. The van der Waals surface area contributed by atoms with Crippen molar-refractivity contribution in [3.8, 4) is 11.8 Å². The summed E-state index contributed by atoms with van der Waals surface area (Å²) in [6, 6.07) is 0. The first-order valence-electron chi connectivity index (χ1n) is 7.84. The SMILES string of the molecule is C=C/C=C(C#Cc1nc(C2CCC2)n2ccnc(N)c12)\C=C/C. The highest BCUT2D eigenvalue weighted by molar-refractivity contribution is 5.73. The molecule has 4 heteroatoms. The number of fused-ring (bicyclic) bond motifs is 1. The van der Waals surface area contributed by atoms with Gasteiger partial charge in [-0.15, -0.1) is 0 Å². The number of rotatable bonds is 3. The van der Waals surface area contributed by atoms with Crippen LogP contribution in [0, 0.1) is 11.8 Å². The van der Waals surface area contributed by atoms with E-state index < -0.39 is 0 Å². The number of hydrogen-bond acceptors (Lipinski definition) is 3. The summed E-state index contributed by atoms with van der Waals surface area (Å²) in [5.74, 6) is 8.30. The predicted molar refractivity (Wildman–Crippen MR) is 94.0 cm³/mol. The molecule has 2 aromatic heterocycles. The number of anilines is 1. The fourth-order valence-corrected chi connectivity index (χ4v) is 2.71. The Hall–Kier alpha value is -2.80. The summed E-state index contributed by atoms with van der Waals surface area (Å²) in [7, 11) is 0. The quantitative estimate of drug-likeness (QED) is 0.696. The van der Waals surface area contributed by atoms with Crippen LogP contribution in [-0.2, 0) is 0 Å². The monoisotopic (exact) mass is 304 g/mol. The second kappa shape index (κ2) is 6.53. The van der Waals surface area contributed by atoms with Gasteiger partial charge in [0.2, 0.25) is 0 Å². The van der Waals surface area contributed by atoms with Gasteiger partial charge in [-0.05, 0) is 31.8 Å². The van der Waals surface area contributed by atoms with E-state index in [1.54, 1.807) is 12.3 Å². The number of nitrogens with zero attached hydrogens (tertiary/aromatic N) is 3. The molecule has 1 saturated carbocycles. The molecule has 2 aromatic rings. The Bertz CT molecular complexity index is 855. The maximum absolute atomic E-state index is 6.07. The van der Waals surface area contributed by atoms with Gasteiger partial charge in [0.25, 0.3) is 0 Å². The van der Waals surface area contributed by atoms with E-state index in [4.69, 9.17) is 10.7 Å². The zero-order valence-electron chi connectivity index (χ0n) is 13.3. The van der Waals surface area contributed by atoms with E-state index >= 15 is 0 Å². The first-order chi connectivity index (χ1) is 11.2. The lowest BCUT2D eigenvalue weighted by Gasteiger charge is -2.23. The minimum atomic E-state index is 0.468. The third-order valence-corrected chi connectivity index (χ3v) is 4.05. The van der Waals surface area contributed by atoms with Gasteiger partial charge in [0.05, 0.1) is 0 Å². The van der Waals surface area contributed by atoms with Crippen molar-refractivity contribution in [2.24, 2.45) is 0 Å². The van der Waals surface area contributed by atoms with E-state index in [1.165, 1.54) is 19.3 Å². The average molecular weight is 304 g/mol. The van der Waals surface area contributed by atoms with Crippen LogP contribution in [0.1, 0.15) is 43.6 Å². The Morgan fingerprint density at radius 3 is 2.96 bits per heavy atom. The molecule has 0 spiro atoms. The zero-order chi connectivity index (χ0) is 16.2. The topological polar surface area (TPSA) is 56.2 Å². The molecule has 0 saturated heterocycles. The molecule has 1 aliphatic carbocycles. The Morgan fingerprint density at radius 1 is 1.48 bits per heavy atom. The maximum Gasteiger partial charge on any atom is 0.150 e. The van der Waals surface area contributed by atoms with Crippen LogP contribution in [0.3, 0.4) is 0 Å². The molecule has 0 aromatic carbocycles. The lowest BCUT2D eigenvalue weighted by molar-refractivity contribution is 0.400. The molecule has 1 fully saturated rings. The van der Waals surface area contributed by atoms with Crippen molar-refractivity contribution in [3.05, 3.63) is 60.4 Å². The Labute approximate surface area is 136 Å². The van der Waals surface area contributed by atoms with Gasteiger partial charge in [0, 0.05) is 23.9 Å². The molecule has 1 aliphatic rings. The second-order valence-corrected chi connectivity index (χ2v) is 5.59. The number of aromatic nitrogens is 3. The van der Waals surface area contributed by atoms with Crippen molar-refractivity contribution >= 4 is 11.3 Å². The Balaban J connectivity index is 2.11. The van der Waals surface area contributed by atoms with Crippen LogP contribution in [-0.4, -0.2) is 14.4 Å². The van der Waals surface area contributed by atoms with Crippen LogP contribution in [0.4, 0.5) is 5.82 Å². The maximum atomic E-state index is 6.07. The third kappa shape index (κ3) is 2.91. The zero-order valence-corrected chi connectivity index (χ0v) is 13.3. The average Bonchev–Trinajstić information content (AvgIpc) is 2.84. The van der Waals surface area contributed by atoms with Crippen molar-refractivity contribution in [1.82, 2.24) is 14.4 Å². The summed E-state index contributed by atoms with van der Waals surface area (Å²) in [6.07, 6.45) is 14.7. The Morgan fingerprint density at radius 2 is 2.30 bits per heavy atom. The van der Waals surface area contributed by atoms with Crippen LogP contribution in [0.15, 0.2) is 48.8 Å². The van der Waals surface area contributed by atoms with E-state index in [0.717, 1.165) is 16.9 Å². The van der Waals surface area contributed by atoms with Crippen LogP contribution in [0.5, 0.6) is 0 Å². The molecular formula is C19H20N4. The molecule has 0 atom stereocenters. The summed E-state index contributed by atoms with van der Waals surface area (Å²) < 4.78 is 2.04. The van der Waals surface area contributed by atoms with Crippen molar-refractivity contribution < 1.29 is 0 Å². The van der Waals surface area contributed by atoms with E-state index in [0.29, 0.717) is 17.4 Å². The molecule has 0 radical (unpaired) electrons. The molecular weight excluding hydrogens is 284 g/mol. The summed E-state index contributed by atoms with van der Waals surface area (Å²) in [4.78, 5) is 8.95. The van der Waals surface area contributed by atoms with Gasteiger partial charge >= 0.3 is 0 Å². The van der Waals surface area contributed by atoms with Gasteiger partial charge in [-0.3, -0.25) is 4.40 Å². The van der Waals surface area contributed by atoms with Crippen molar-refractivity contribution in [3.63, 3.8) is 0 Å². The van der Waals surface area contributed by atoms with E-state index in [-0.39, 0.29) is 0 Å². The fraction of sp³-hybridized carbons (Fsp3) is 0.263. The molecule has 116 valence electrons. The van der Waals surface area contributed by atoms with Crippen molar-refractivity contribution in [2.75, 3.05) is 5.73 Å². The second-order valence-electron chi connectivity index (χ2n) is 5.59. The summed E-state index contributed by atoms with van der Waals surface area (Å²) in [6.45, 7) is 5.68. The highest BCUT2D eigenvalue weighted by Crippen LogP contribution is 2.36. The largest absolute Gasteiger partial charge is 0.382 e. The standard InChI is InChI=1S/C19H20N4/c1-3-6-14(7-4-2)10-11-16-17-18(20)21-12-13-23(17)19(22-16)15-8-5-9-15/h3-4,6-7,12-13,15H,1,5,8-9H2,2H3,(H2,20,21)/b7-4-,14-6+. The third-order valence-electron chi connectivity index (χ3n) is 4.05. The molecule has 23 heavy (non-hydrogen) atoms. The van der Waals surface area contributed by atoms with Gasteiger partial charge < -0.3 is 5.73 Å². The number of nitrogens with two attached hydrogens (primary N) is 1. The van der Waals surface area contributed by atoms with Gasteiger partial charge in [-0.1, -0.05) is 37.1 Å². The van der Waals surface area contributed by atoms with Crippen LogP contribution in [0.2, 0.25) is 0 Å². The lowest BCUT2D eigenvalue weighted by Crippen LogP contribution is -2.12. The van der Waals surface area contributed by atoms with Gasteiger partial charge in [-0.2, -0.15) is 0 Å². The molecule has 4 nitrogen and oxygen atoms in total. The van der Waals surface area contributed by atoms with Gasteiger partial charge in [0.1, 0.15) is 17.0 Å². The van der Waals surface area contributed by atoms with E-state index in [2.05, 4.69) is 23.4 Å². The first kappa shape index (κ1) is 15.1. The van der Waals surface area contributed by atoms with Crippen molar-refractivity contribution in [1.29, 1.82) is 0 Å². The van der Waals surface area contributed by atoms with E-state index in [9.17, 15) is 0 Å². The summed E-state index contributed by atoms with van der Waals surface area (Å²) in [5.41, 5.74) is 8.45. The van der Waals surface area contributed by atoms with Gasteiger partial charge in [0.15, 0.2) is 5.82 Å². The molecule has 0 amide bonds. The minimum Gasteiger partial charge on any atom is -0.382 e. The highest BCUT2D eigenvalue weighted by Gasteiger charge is 2.25. The molecule has 3 rings (SSSR count). The predicted octanol–water partition coefficient (Wildman–Crippen LogP) is 3.62. The molecule has 0 aliphatic heterocycles. The van der Waals surface area contributed by atoms with Crippen LogP contribution < -0.4 is 5.73 Å². The Kier molecular flexibility index (Phi) is 4.29. The molecule has 2 heterocycles. The molecule has 0 unspecified atom stereocenters. The first-order valence-corrected chi connectivity index (χ1v) is 7.84. The molecule has 0 bridgehead atoms. The number of allylic oxidation sites excluding steroid dienone is 5. The fourth-order valence-electron chi connectivity index (χ4n) is 2.71. The van der Waals surface area contributed by atoms with Crippen molar-refractivity contribution in [2.45, 2.75) is 32.1 Å². The normalized spacial score (nSPS) is 15.4. The molecule has 2 N–H and O–H groups in total. The minimum absolute atomic E-state index is 0.468. The van der Waals surface area contributed by atoms with Gasteiger partial charge in [-0.25, -0.2) is 9.97 Å². The van der Waals surface area contributed by atoms with E-state index in [1.807, 2.05) is 35.7 Å². The number of nitrogen functional groups attached to an aromatic ring is 1. The number of hydrogen-bond donors (Lipinski definition) is 1. The highest BCUT2D eigenvalue weighted by atomic mass is 15.1.